The summed E-state index contributed by atoms with van der Waals surface area (Å²) in [5.41, 5.74) is 0.999. The van der Waals surface area contributed by atoms with E-state index in [1.165, 1.54) is 0 Å². The minimum absolute atomic E-state index is 0.0905. The zero-order chi connectivity index (χ0) is 15.8. The van der Waals surface area contributed by atoms with Crippen molar-refractivity contribution in [3.8, 4) is 5.75 Å². The summed E-state index contributed by atoms with van der Waals surface area (Å²) < 4.78 is 5.26. The maximum atomic E-state index is 11.9. The largest absolute Gasteiger partial charge is 0.414 e. The van der Waals surface area contributed by atoms with Gasteiger partial charge in [-0.05, 0) is 36.6 Å². The molecule has 1 unspecified atom stereocenters. The highest BCUT2D eigenvalue weighted by Gasteiger charge is 2.13. The lowest BCUT2D eigenvalue weighted by Crippen LogP contribution is -2.30. The van der Waals surface area contributed by atoms with Gasteiger partial charge in [0.25, 0.3) is 0 Å². The summed E-state index contributed by atoms with van der Waals surface area (Å²) >= 11 is 6.32. The molecule has 0 aliphatic carbocycles. The molecule has 0 aliphatic rings. The Hall–Kier alpha value is -2.07. The van der Waals surface area contributed by atoms with Crippen molar-refractivity contribution >= 4 is 17.7 Å². The van der Waals surface area contributed by atoms with E-state index in [0.29, 0.717) is 12.3 Å². The molecule has 0 saturated heterocycles. The first-order chi connectivity index (χ1) is 10.7. The molecule has 0 radical (unpaired) electrons. The monoisotopic (exact) mass is 318 g/mol. The van der Waals surface area contributed by atoms with Crippen molar-refractivity contribution in [3.63, 3.8) is 0 Å². The highest BCUT2D eigenvalue weighted by Crippen LogP contribution is 2.24. The number of benzene rings is 1. The lowest BCUT2D eigenvalue weighted by Gasteiger charge is -2.17. The molecule has 2 aromatic rings. The van der Waals surface area contributed by atoms with Crippen molar-refractivity contribution in [3.05, 3.63) is 60.4 Å². The Labute approximate surface area is 135 Å². The van der Waals surface area contributed by atoms with E-state index >= 15 is 0 Å². The summed E-state index contributed by atoms with van der Waals surface area (Å²) in [6.07, 6.45) is 4.70. The molecule has 0 aliphatic heterocycles. The molecule has 1 amide bonds. The van der Waals surface area contributed by atoms with Crippen LogP contribution in [-0.2, 0) is 0 Å². The van der Waals surface area contributed by atoms with Gasteiger partial charge in [-0.15, -0.1) is 11.6 Å². The van der Waals surface area contributed by atoms with Gasteiger partial charge in [0.2, 0.25) is 0 Å². The molecule has 0 N–H and O–H groups in total. The Kier molecular flexibility index (Phi) is 6.22. The van der Waals surface area contributed by atoms with Crippen LogP contribution in [0, 0.1) is 0 Å². The molecule has 0 spiro atoms. The average Bonchev–Trinajstić information content (AvgIpc) is 2.56. The van der Waals surface area contributed by atoms with E-state index < -0.39 is 0 Å². The number of para-hydroxylation sites is 1. The lowest BCUT2D eigenvalue weighted by atomic mass is 10.1. The van der Waals surface area contributed by atoms with E-state index in [9.17, 15) is 4.79 Å². The summed E-state index contributed by atoms with van der Waals surface area (Å²) in [7, 11) is 1.72. The maximum Gasteiger partial charge on any atom is 0.414 e. The third kappa shape index (κ3) is 5.04. The summed E-state index contributed by atoms with van der Waals surface area (Å²) in [6, 6.07) is 12.9. The van der Waals surface area contributed by atoms with Gasteiger partial charge in [0.15, 0.2) is 0 Å². The zero-order valence-electron chi connectivity index (χ0n) is 12.5. The molecule has 116 valence electrons. The van der Waals surface area contributed by atoms with Gasteiger partial charge in [-0.2, -0.15) is 0 Å². The van der Waals surface area contributed by atoms with Crippen LogP contribution in [-0.4, -0.2) is 29.6 Å². The number of pyridine rings is 1. The van der Waals surface area contributed by atoms with E-state index in [-0.39, 0.29) is 11.5 Å². The Balaban J connectivity index is 1.73. The van der Waals surface area contributed by atoms with E-state index in [1.807, 2.05) is 30.3 Å². The maximum absolute atomic E-state index is 11.9. The summed E-state index contributed by atoms with van der Waals surface area (Å²) in [5, 5.41) is -0.0905. The van der Waals surface area contributed by atoms with Crippen LogP contribution < -0.4 is 4.74 Å². The van der Waals surface area contributed by atoms with Crippen LogP contribution in [0.5, 0.6) is 5.75 Å². The molecule has 1 heterocycles. The second-order valence-electron chi connectivity index (χ2n) is 5.00. The second-order valence-corrected chi connectivity index (χ2v) is 5.53. The van der Waals surface area contributed by atoms with E-state index in [0.717, 1.165) is 18.4 Å². The normalized spacial score (nSPS) is 11.7. The first-order valence-electron chi connectivity index (χ1n) is 7.19. The number of nitrogens with zero attached hydrogens (tertiary/aromatic N) is 2. The minimum Gasteiger partial charge on any atom is -0.410 e. The molecule has 1 aromatic carbocycles. The molecular weight excluding hydrogens is 300 g/mol. The highest BCUT2D eigenvalue weighted by molar-refractivity contribution is 6.20. The van der Waals surface area contributed by atoms with Gasteiger partial charge in [0.05, 0.1) is 5.38 Å². The number of hydrogen-bond acceptors (Lipinski definition) is 3. The van der Waals surface area contributed by atoms with Gasteiger partial charge in [-0.3, -0.25) is 4.98 Å². The van der Waals surface area contributed by atoms with Crippen LogP contribution in [0.1, 0.15) is 23.8 Å². The van der Waals surface area contributed by atoms with Gasteiger partial charge >= 0.3 is 6.09 Å². The van der Waals surface area contributed by atoms with Gasteiger partial charge in [0.1, 0.15) is 5.75 Å². The molecule has 1 atom stereocenters. The Bertz CT molecular complexity index is 578. The molecule has 22 heavy (non-hydrogen) atoms. The molecule has 0 bridgehead atoms. The number of carbonyl (C=O) groups excluding carboxylic acids is 1. The number of rotatable bonds is 6. The molecule has 4 nitrogen and oxygen atoms in total. The zero-order valence-corrected chi connectivity index (χ0v) is 13.2. The van der Waals surface area contributed by atoms with E-state index in [1.54, 1.807) is 36.5 Å². The van der Waals surface area contributed by atoms with Crippen molar-refractivity contribution < 1.29 is 9.53 Å². The average molecular weight is 319 g/mol. The molecule has 1 aromatic heterocycles. The third-order valence-corrected chi connectivity index (χ3v) is 3.73. The van der Waals surface area contributed by atoms with Crippen molar-refractivity contribution in [1.29, 1.82) is 0 Å². The van der Waals surface area contributed by atoms with Crippen LogP contribution in [0.25, 0.3) is 0 Å². The third-order valence-electron chi connectivity index (χ3n) is 3.26. The smallest absolute Gasteiger partial charge is 0.410 e. The first-order valence-corrected chi connectivity index (χ1v) is 7.62. The van der Waals surface area contributed by atoms with Crippen LogP contribution in [0.15, 0.2) is 54.9 Å². The number of amides is 1. The fourth-order valence-corrected chi connectivity index (χ4v) is 2.28. The predicted octanol–water partition coefficient (Wildman–Crippen LogP) is 4.27. The van der Waals surface area contributed by atoms with Crippen molar-refractivity contribution in [1.82, 2.24) is 9.88 Å². The Morgan fingerprint density at radius 3 is 2.73 bits per heavy atom. The molecule has 5 heteroatoms. The standard InChI is InChI=1S/C17H19ClN2O2/c1-20(17(21)22-15-8-3-2-4-9-15)12-6-10-16(18)14-7-5-11-19-13-14/h2-5,7-9,11,13,16H,6,10,12H2,1H3. The van der Waals surface area contributed by atoms with Gasteiger partial charge in [0, 0.05) is 26.0 Å². The van der Waals surface area contributed by atoms with Crippen LogP contribution in [0.2, 0.25) is 0 Å². The van der Waals surface area contributed by atoms with Crippen LogP contribution in [0.4, 0.5) is 4.79 Å². The van der Waals surface area contributed by atoms with E-state index in [2.05, 4.69) is 4.98 Å². The number of aromatic nitrogens is 1. The highest BCUT2D eigenvalue weighted by atomic mass is 35.5. The Morgan fingerprint density at radius 1 is 1.27 bits per heavy atom. The predicted molar refractivity (Wildman–Crippen MR) is 87.2 cm³/mol. The summed E-state index contributed by atoms with van der Waals surface area (Å²) in [4.78, 5) is 17.5. The number of carbonyl (C=O) groups is 1. The first kappa shape index (κ1) is 16.3. The second kappa shape index (κ2) is 8.39. The fraction of sp³-hybridized carbons (Fsp3) is 0.294. The van der Waals surface area contributed by atoms with E-state index in [4.69, 9.17) is 16.3 Å². The Morgan fingerprint density at radius 2 is 2.05 bits per heavy atom. The SMILES string of the molecule is CN(CCCC(Cl)c1cccnc1)C(=O)Oc1ccccc1. The topological polar surface area (TPSA) is 42.4 Å². The van der Waals surface area contributed by atoms with Gasteiger partial charge in [-0.25, -0.2) is 4.79 Å². The van der Waals surface area contributed by atoms with Crippen molar-refractivity contribution in [2.45, 2.75) is 18.2 Å². The van der Waals surface area contributed by atoms with Crippen molar-refractivity contribution in [2.75, 3.05) is 13.6 Å². The number of hydrogen-bond donors (Lipinski definition) is 0. The number of halogens is 1. The quantitative estimate of drug-likeness (QED) is 0.747. The minimum atomic E-state index is -0.362. The van der Waals surface area contributed by atoms with Crippen LogP contribution in [0.3, 0.4) is 0 Å². The van der Waals surface area contributed by atoms with Gasteiger partial charge < -0.3 is 9.64 Å². The van der Waals surface area contributed by atoms with Gasteiger partial charge in [-0.1, -0.05) is 24.3 Å². The molecule has 2 rings (SSSR count). The van der Waals surface area contributed by atoms with Crippen molar-refractivity contribution in [2.24, 2.45) is 0 Å². The molecule has 0 saturated carbocycles. The fourth-order valence-electron chi connectivity index (χ4n) is 1.99. The number of ether oxygens (including phenoxy) is 1. The summed E-state index contributed by atoms with van der Waals surface area (Å²) in [6.45, 7) is 0.592. The van der Waals surface area contributed by atoms with Crippen LogP contribution >= 0.6 is 11.6 Å². The number of alkyl halides is 1. The lowest BCUT2D eigenvalue weighted by molar-refractivity contribution is 0.162. The molecular formula is C17H19ClN2O2. The molecule has 0 fully saturated rings. The summed E-state index contributed by atoms with van der Waals surface area (Å²) in [5.74, 6) is 0.546.